The van der Waals surface area contributed by atoms with E-state index in [1.54, 1.807) is 12.4 Å². The number of hydrogen-bond donors (Lipinski definition) is 4. The first kappa shape index (κ1) is 22.6. The second-order valence-corrected chi connectivity index (χ2v) is 6.70. The van der Waals surface area contributed by atoms with Gasteiger partial charge in [0.05, 0.1) is 62.0 Å². The molecular weight excluding hydrogens is 375 g/mol. The van der Waals surface area contributed by atoms with Crippen LogP contribution in [0.5, 0.6) is 0 Å². The van der Waals surface area contributed by atoms with E-state index >= 15 is 0 Å². The van der Waals surface area contributed by atoms with Crippen LogP contribution < -0.4 is 46.9 Å². The molecule has 26 heavy (non-hydrogen) atoms. The van der Waals surface area contributed by atoms with Gasteiger partial charge in [-0.1, -0.05) is 0 Å². The fourth-order valence-electron chi connectivity index (χ4n) is 3.45. The van der Waals surface area contributed by atoms with Crippen molar-refractivity contribution >= 4 is 11.4 Å². The maximum absolute atomic E-state index is 5.59. The number of piperidine rings is 2. The van der Waals surface area contributed by atoms with Crippen LogP contribution in [0.3, 0.4) is 0 Å². The summed E-state index contributed by atoms with van der Waals surface area (Å²) in [5, 5.41) is 13.1. The fourth-order valence-corrected chi connectivity index (χ4v) is 3.45. The minimum atomic E-state index is 0. The summed E-state index contributed by atoms with van der Waals surface area (Å²) in [6.45, 7) is 4.85. The lowest BCUT2D eigenvalue weighted by Gasteiger charge is -2.20. The molecule has 8 nitrogen and oxygen atoms in total. The molecule has 4 rings (SSSR count). The highest BCUT2D eigenvalue weighted by molar-refractivity contribution is 5.31. The van der Waals surface area contributed by atoms with Crippen molar-refractivity contribution in [1.29, 1.82) is 0 Å². The van der Waals surface area contributed by atoms with Gasteiger partial charge in [0.15, 0.2) is 0 Å². The first-order chi connectivity index (χ1) is 11.7. The van der Waals surface area contributed by atoms with Crippen LogP contribution in [0.2, 0.25) is 0 Å². The Hall–Kier alpha value is -1.48. The van der Waals surface area contributed by atoms with Crippen molar-refractivity contribution < 1.29 is 35.4 Å². The van der Waals surface area contributed by atoms with Crippen LogP contribution in [0.25, 0.3) is 0 Å². The van der Waals surface area contributed by atoms with Crippen LogP contribution in [0.15, 0.2) is 24.8 Å². The van der Waals surface area contributed by atoms with Crippen LogP contribution in [-0.2, 0) is 0 Å². The molecule has 0 spiro atoms. The summed E-state index contributed by atoms with van der Waals surface area (Å²) in [6, 6.07) is 1.15. The normalized spacial score (nSPS) is 18.2. The molecule has 2 saturated heterocycles. The van der Waals surface area contributed by atoms with Crippen molar-refractivity contribution in [1.82, 2.24) is 19.6 Å². The molecule has 0 atom stereocenters. The van der Waals surface area contributed by atoms with Crippen molar-refractivity contribution in [3.05, 3.63) is 24.8 Å². The quantitative estimate of drug-likeness (QED) is 0.397. The largest absolute Gasteiger partial charge is 1.00 e. The Morgan fingerprint density at radius 1 is 0.731 bits per heavy atom. The van der Waals surface area contributed by atoms with Gasteiger partial charge in [0.1, 0.15) is 0 Å². The molecule has 0 amide bonds. The Labute approximate surface area is 166 Å². The number of aromatic nitrogens is 4. The van der Waals surface area contributed by atoms with Crippen LogP contribution in [0.4, 0.5) is 11.4 Å². The summed E-state index contributed by atoms with van der Waals surface area (Å²) >= 11 is 0. The summed E-state index contributed by atoms with van der Waals surface area (Å²) in [7, 11) is 0. The molecule has 2 aromatic heterocycles. The third-order valence-electron chi connectivity index (χ3n) is 4.81. The van der Waals surface area contributed by atoms with Gasteiger partial charge in [0.25, 0.3) is 0 Å². The van der Waals surface area contributed by atoms with Crippen LogP contribution >= 0.6 is 0 Å². The van der Waals surface area contributed by atoms with E-state index in [0.717, 1.165) is 11.4 Å². The van der Waals surface area contributed by atoms with Gasteiger partial charge in [-0.3, -0.25) is 9.36 Å². The maximum atomic E-state index is 5.59. The highest BCUT2D eigenvalue weighted by Crippen LogP contribution is 2.17. The molecule has 0 aromatic carbocycles. The first-order valence-electron chi connectivity index (χ1n) is 8.95. The summed E-state index contributed by atoms with van der Waals surface area (Å²) in [4.78, 5) is 0. The molecule has 0 saturated carbocycles. The third kappa shape index (κ3) is 6.35. The lowest BCUT2D eigenvalue weighted by molar-refractivity contribution is -0.664. The monoisotopic (exact) mass is 404 g/mol. The second-order valence-electron chi connectivity index (χ2n) is 6.70. The third-order valence-corrected chi connectivity index (χ3v) is 4.81. The molecule has 2 fully saturated rings. The van der Waals surface area contributed by atoms with E-state index in [1.807, 2.05) is 21.8 Å². The van der Waals surface area contributed by atoms with E-state index in [2.05, 4.69) is 20.8 Å². The number of nitrogens with two attached hydrogens (primary N) is 4. The van der Waals surface area contributed by atoms with E-state index in [0.29, 0.717) is 12.1 Å². The lowest BCUT2D eigenvalue weighted by Crippen LogP contribution is -3.00. The van der Waals surface area contributed by atoms with Crippen LogP contribution in [0.1, 0.15) is 37.8 Å². The Kier molecular flexibility index (Phi) is 9.79. The average Bonchev–Trinajstić information content (AvgIpc) is 3.26. The Bertz CT molecular complexity index is 563. The second kappa shape index (κ2) is 11.3. The predicted octanol–water partition coefficient (Wildman–Crippen LogP) is -7.26. The van der Waals surface area contributed by atoms with Crippen LogP contribution in [0, 0.1) is 0 Å². The van der Waals surface area contributed by atoms with Crippen LogP contribution in [-0.4, -0.2) is 45.7 Å². The fraction of sp³-hybridized carbons (Fsp3) is 0.625. The number of nitrogens with zero attached hydrogens (tertiary/aromatic N) is 4. The van der Waals surface area contributed by atoms with Crippen molar-refractivity contribution in [3.8, 4) is 0 Å². The van der Waals surface area contributed by atoms with Gasteiger partial charge in [-0.05, 0) is 0 Å². The van der Waals surface area contributed by atoms with Gasteiger partial charge in [0.2, 0.25) is 0 Å². The highest BCUT2D eigenvalue weighted by Gasteiger charge is 2.18. The number of nitrogen functional groups attached to an aromatic ring is 2. The molecule has 8 N–H and O–H groups in total. The Balaban J connectivity index is 0.000000241. The van der Waals surface area contributed by atoms with Crippen molar-refractivity contribution in [3.63, 3.8) is 0 Å². The molecule has 2 aromatic rings. The molecular formula is C16H30Cl2N8. The maximum Gasteiger partial charge on any atom is 0.0776 e. The Morgan fingerprint density at radius 3 is 1.35 bits per heavy atom. The molecule has 2 aliphatic rings. The van der Waals surface area contributed by atoms with Crippen molar-refractivity contribution in [2.45, 2.75) is 37.8 Å². The minimum Gasteiger partial charge on any atom is -1.00 e. The number of hydrogen-bond acceptors (Lipinski definition) is 4. The van der Waals surface area contributed by atoms with E-state index in [-0.39, 0.29) is 24.8 Å². The summed E-state index contributed by atoms with van der Waals surface area (Å²) in [6.07, 6.45) is 12.1. The number of anilines is 2. The van der Waals surface area contributed by atoms with Gasteiger partial charge in [-0.2, -0.15) is 10.2 Å². The standard InChI is InChI=1S/2C8H14N4.2ClH/c2*9-7-5-11-12(6-7)8-1-3-10-4-2-8;;/h2*5-6,8,10H,1-4,9H2;2*1H. The van der Waals surface area contributed by atoms with Gasteiger partial charge in [-0.25, -0.2) is 0 Å². The summed E-state index contributed by atoms with van der Waals surface area (Å²) < 4.78 is 4.00. The lowest BCUT2D eigenvalue weighted by atomic mass is 10.1. The van der Waals surface area contributed by atoms with Crippen molar-refractivity contribution in [2.75, 3.05) is 37.6 Å². The smallest absolute Gasteiger partial charge is 0.0776 e. The zero-order valence-electron chi connectivity index (χ0n) is 15.0. The van der Waals surface area contributed by atoms with E-state index in [4.69, 9.17) is 11.5 Å². The summed E-state index contributed by atoms with van der Waals surface area (Å²) in [5.41, 5.74) is 12.7. The van der Waals surface area contributed by atoms with Gasteiger partial charge < -0.3 is 46.9 Å². The molecule has 4 heterocycles. The minimum absolute atomic E-state index is 0. The number of quaternary nitrogens is 2. The van der Waals surface area contributed by atoms with Gasteiger partial charge in [-0.15, -0.1) is 0 Å². The van der Waals surface area contributed by atoms with Gasteiger partial charge in [0, 0.05) is 38.1 Å². The molecule has 0 bridgehead atoms. The highest BCUT2D eigenvalue weighted by atomic mass is 35.5. The number of halogens is 2. The van der Waals surface area contributed by atoms with E-state index in [1.165, 1.54) is 51.9 Å². The van der Waals surface area contributed by atoms with Crippen molar-refractivity contribution in [2.24, 2.45) is 0 Å². The molecule has 0 aliphatic carbocycles. The predicted molar refractivity (Wildman–Crippen MR) is 93.1 cm³/mol. The Morgan fingerprint density at radius 2 is 1.08 bits per heavy atom. The van der Waals surface area contributed by atoms with E-state index < -0.39 is 0 Å². The zero-order valence-corrected chi connectivity index (χ0v) is 16.5. The molecule has 0 radical (unpaired) electrons. The summed E-state index contributed by atoms with van der Waals surface area (Å²) in [5.74, 6) is 0. The molecule has 10 heteroatoms. The van der Waals surface area contributed by atoms with Gasteiger partial charge >= 0.3 is 0 Å². The average molecular weight is 405 g/mol. The molecule has 0 unspecified atom stereocenters. The zero-order chi connectivity index (χ0) is 16.8. The molecule has 2 aliphatic heterocycles. The topological polar surface area (TPSA) is 121 Å². The molecule has 148 valence electrons. The number of rotatable bonds is 2. The first-order valence-corrected chi connectivity index (χ1v) is 8.95. The SMILES string of the molecule is Nc1cnn(C2CC[NH2+]CC2)c1.Nc1cnn(C2CC[NH2+]CC2)c1.[Cl-].[Cl-]. The van der Waals surface area contributed by atoms with E-state index in [9.17, 15) is 0 Å².